The number of halogens is 1. The van der Waals surface area contributed by atoms with Gasteiger partial charge in [-0.25, -0.2) is 19.3 Å². The maximum Gasteiger partial charge on any atom is 0.178 e. The quantitative estimate of drug-likeness (QED) is 0.257. The number of H-pyrrole nitrogens is 2. The van der Waals surface area contributed by atoms with Crippen LogP contribution in [0.3, 0.4) is 0 Å². The zero-order chi connectivity index (χ0) is 28.6. The Morgan fingerprint density at radius 2 is 1.88 bits per heavy atom. The van der Waals surface area contributed by atoms with Crippen LogP contribution in [0.4, 0.5) is 10.1 Å². The summed E-state index contributed by atoms with van der Waals surface area (Å²) in [6.07, 6.45) is 7.72. The maximum absolute atomic E-state index is 14.7. The van der Waals surface area contributed by atoms with Gasteiger partial charge >= 0.3 is 0 Å². The van der Waals surface area contributed by atoms with Crippen LogP contribution in [0, 0.1) is 5.82 Å². The maximum atomic E-state index is 14.7. The highest BCUT2D eigenvalue weighted by atomic mass is 19.1. The average Bonchev–Trinajstić information content (AvgIpc) is 3.76. The van der Waals surface area contributed by atoms with Gasteiger partial charge in [0.05, 0.1) is 28.6 Å². The first-order valence-electron chi connectivity index (χ1n) is 14.0. The average molecular weight is 564 g/mol. The second-order valence-electron chi connectivity index (χ2n) is 10.7. The Hall–Kier alpha value is -4.90. The number of hydrogen-bond acceptors (Lipinski definition) is 8. The molecule has 1 aliphatic rings. The molecule has 0 unspecified atom stereocenters. The molecule has 1 aromatic carbocycles. The van der Waals surface area contributed by atoms with Crippen LogP contribution in [0.25, 0.3) is 56.1 Å². The van der Waals surface area contributed by atoms with Gasteiger partial charge in [0, 0.05) is 50.2 Å². The highest BCUT2D eigenvalue weighted by molar-refractivity contribution is 5.95. The smallest absolute Gasteiger partial charge is 0.178 e. The monoisotopic (exact) mass is 563 g/mol. The van der Waals surface area contributed by atoms with E-state index < -0.39 is 0 Å². The van der Waals surface area contributed by atoms with Crippen molar-refractivity contribution in [3.63, 3.8) is 0 Å². The number of ether oxygens (including phenoxy) is 1. The van der Waals surface area contributed by atoms with Gasteiger partial charge in [0.1, 0.15) is 23.7 Å². The van der Waals surface area contributed by atoms with E-state index >= 15 is 0 Å². The molecule has 5 aromatic heterocycles. The second-order valence-corrected chi connectivity index (χ2v) is 10.7. The first-order chi connectivity index (χ1) is 20.5. The first kappa shape index (κ1) is 26.0. The molecule has 0 atom stereocenters. The third-order valence-corrected chi connectivity index (χ3v) is 7.62. The topological polar surface area (TPSA) is 112 Å². The summed E-state index contributed by atoms with van der Waals surface area (Å²) < 4.78 is 20.7. The minimum absolute atomic E-state index is 0.365. The standard InChI is InChI=1S/C31H30FN9O/c1-40(2)22-14-20(17-33-18-22)25-5-6-26-28(35-25)29(39-38-26)31-36-27-24(7-8-34-30(27)37-31)19-13-21(32)16-23(15-19)42-12-11-41-9-3-4-10-41/h5-8,13-18H,3-4,9-12H2,1-2H3,(H,38,39)(H,34,36,37). The Balaban J connectivity index is 1.22. The van der Waals surface area contributed by atoms with E-state index in [-0.39, 0.29) is 5.82 Å². The van der Waals surface area contributed by atoms with Crippen LogP contribution >= 0.6 is 0 Å². The Kier molecular flexibility index (Phi) is 6.71. The third-order valence-electron chi connectivity index (χ3n) is 7.62. The largest absolute Gasteiger partial charge is 0.492 e. The summed E-state index contributed by atoms with van der Waals surface area (Å²) in [5, 5.41) is 7.58. The van der Waals surface area contributed by atoms with E-state index in [1.165, 1.54) is 25.0 Å². The van der Waals surface area contributed by atoms with Crippen molar-refractivity contribution in [3.05, 3.63) is 66.9 Å². The van der Waals surface area contributed by atoms with Crippen molar-refractivity contribution < 1.29 is 9.13 Å². The number of anilines is 1. The summed E-state index contributed by atoms with van der Waals surface area (Å²) >= 11 is 0. The van der Waals surface area contributed by atoms with Crippen LogP contribution in [0.15, 0.2) is 61.1 Å². The number of benzene rings is 1. The Labute approximate surface area is 241 Å². The summed E-state index contributed by atoms with van der Waals surface area (Å²) in [4.78, 5) is 26.2. The number of likely N-dealkylation sites (tertiary alicyclic amines) is 1. The molecule has 2 N–H and O–H groups in total. The lowest BCUT2D eigenvalue weighted by Gasteiger charge is -2.15. The number of nitrogens with one attached hydrogen (secondary N) is 2. The first-order valence-corrected chi connectivity index (χ1v) is 14.0. The molecular weight excluding hydrogens is 533 g/mol. The third kappa shape index (κ3) is 5.03. The van der Waals surface area contributed by atoms with Crippen molar-refractivity contribution >= 4 is 27.9 Å². The number of hydrogen-bond donors (Lipinski definition) is 2. The Morgan fingerprint density at radius 1 is 1.00 bits per heavy atom. The van der Waals surface area contributed by atoms with Gasteiger partial charge in [-0.3, -0.25) is 15.0 Å². The van der Waals surface area contributed by atoms with Gasteiger partial charge in [0.15, 0.2) is 17.2 Å². The van der Waals surface area contributed by atoms with Crippen molar-refractivity contribution in [2.45, 2.75) is 12.8 Å². The van der Waals surface area contributed by atoms with Gasteiger partial charge in [-0.2, -0.15) is 5.10 Å². The molecule has 6 aromatic rings. The van der Waals surface area contributed by atoms with Crippen LogP contribution in [-0.4, -0.2) is 80.4 Å². The molecule has 1 saturated heterocycles. The minimum atomic E-state index is -0.365. The highest BCUT2D eigenvalue weighted by Gasteiger charge is 2.18. The van der Waals surface area contributed by atoms with Gasteiger partial charge in [0.2, 0.25) is 0 Å². The molecule has 0 amide bonds. The van der Waals surface area contributed by atoms with E-state index in [4.69, 9.17) is 14.7 Å². The second kappa shape index (κ2) is 10.8. The lowest BCUT2D eigenvalue weighted by molar-refractivity contribution is 0.237. The molecule has 6 heterocycles. The van der Waals surface area contributed by atoms with Crippen LogP contribution in [0.5, 0.6) is 5.75 Å². The van der Waals surface area contributed by atoms with Crippen molar-refractivity contribution in [2.24, 2.45) is 0 Å². The van der Waals surface area contributed by atoms with E-state index in [1.807, 2.05) is 55.5 Å². The minimum Gasteiger partial charge on any atom is -0.492 e. The number of fused-ring (bicyclic) bond motifs is 2. The van der Waals surface area contributed by atoms with E-state index in [2.05, 4.69) is 30.0 Å². The molecule has 0 saturated carbocycles. The number of imidazole rings is 1. The van der Waals surface area contributed by atoms with Gasteiger partial charge < -0.3 is 14.6 Å². The summed E-state index contributed by atoms with van der Waals surface area (Å²) in [5.41, 5.74) is 7.28. The number of nitrogens with zero attached hydrogens (tertiary/aromatic N) is 7. The predicted octanol–water partition coefficient (Wildman–Crippen LogP) is 5.30. The molecule has 0 bridgehead atoms. The molecule has 0 radical (unpaired) electrons. The summed E-state index contributed by atoms with van der Waals surface area (Å²) in [5.74, 6) is 0.646. The highest BCUT2D eigenvalue weighted by Crippen LogP contribution is 2.33. The van der Waals surface area contributed by atoms with E-state index in [0.29, 0.717) is 46.1 Å². The van der Waals surface area contributed by atoms with Crippen LogP contribution in [0.2, 0.25) is 0 Å². The number of aromatic nitrogens is 7. The molecule has 42 heavy (non-hydrogen) atoms. The molecular formula is C31H30FN9O. The lowest BCUT2D eigenvalue weighted by atomic mass is 10.1. The van der Waals surface area contributed by atoms with E-state index in [9.17, 15) is 4.39 Å². The van der Waals surface area contributed by atoms with Crippen molar-refractivity contribution in [1.82, 2.24) is 40.0 Å². The van der Waals surface area contributed by atoms with Crippen LogP contribution in [-0.2, 0) is 0 Å². The van der Waals surface area contributed by atoms with Gasteiger partial charge in [-0.05, 0) is 67.9 Å². The Bertz CT molecular complexity index is 1890. The predicted molar refractivity (Wildman–Crippen MR) is 161 cm³/mol. The fourth-order valence-corrected chi connectivity index (χ4v) is 5.40. The van der Waals surface area contributed by atoms with Gasteiger partial charge in [-0.15, -0.1) is 0 Å². The van der Waals surface area contributed by atoms with Crippen LogP contribution in [0.1, 0.15) is 12.8 Å². The molecule has 0 aliphatic carbocycles. The number of rotatable bonds is 8. The molecule has 11 heteroatoms. The summed E-state index contributed by atoms with van der Waals surface area (Å²) in [6, 6.07) is 12.5. The number of aromatic amines is 2. The molecule has 212 valence electrons. The van der Waals surface area contributed by atoms with Gasteiger partial charge in [0.25, 0.3) is 0 Å². The zero-order valence-electron chi connectivity index (χ0n) is 23.4. The molecule has 7 rings (SSSR count). The lowest BCUT2D eigenvalue weighted by Crippen LogP contribution is -2.25. The zero-order valence-corrected chi connectivity index (χ0v) is 23.4. The molecule has 0 spiro atoms. The van der Waals surface area contributed by atoms with Gasteiger partial charge in [-0.1, -0.05) is 0 Å². The van der Waals surface area contributed by atoms with Crippen molar-refractivity contribution in [3.8, 4) is 39.7 Å². The van der Waals surface area contributed by atoms with Crippen molar-refractivity contribution in [1.29, 1.82) is 0 Å². The van der Waals surface area contributed by atoms with E-state index in [0.717, 1.165) is 47.7 Å². The van der Waals surface area contributed by atoms with Crippen LogP contribution < -0.4 is 9.64 Å². The normalized spacial score (nSPS) is 13.8. The van der Waals surface area contributed by atoms with Crippen molar-refractivity contribution in [2.75, 3.05) is 45.2 Å². The number of pyridine rings is 3. The molecule has 1 aliphatic heterocycles. The Morgan fingerprint density at radius 3 is 2.74 bits per heavy atom. The fraction of sp³-hybridized carbons (Fsp3) is 0.258. The summed E-state index contributed by atoms with van der Waals surface area (Å²) in [6.45, 7) is 3.54. The fourth-order valence-electron chi connectivity index (χ4n) is 5.40. The summed E-state index contributed by atoms with van der Waals surface area (Å²) in [7, 11) is 3.95. The molecule has 1 fully saturated rings. The molecule has 10 nitrogen and oxygen atoms in total. The SMILES string of the molecule is CN(C)c1cncc(-c2ccc3[nH]nc(-c4nc5nccc(-c6cc(F)cc(OCCN7CCCC7)c6)c5[nH]4)c3n2)c1. The van der Waals surface area contributed by atoms with E-state index in [1.54, 1.807) is 12.4 Å².